The zero-order chi connectivity index (χ0) is 21.4. The SMILES string of the molecule is Cc1cc(C2=C(c3ccccc3)N=C(N)N3C=NNC23)cc(CN2CCN(C)CC2)n1. The standard InChI is InChI=1S/C23H28N8/c1-16-12-18(13-19(26-16)14-30-10-8-29(2)9-11-30)20-21(17-6-4-3-5-7-17)27-23(24)31-15-25-28-22(20)31/h3-7,12-13,15,22,28H,8-11,14H2,1-2H3,(H2,24,27). The van der Waals surface area contributed by atoms with Crippen LogP contribution in [0.3, 0.4) is 0 Å². The first kappa shape index (κ1) is 19.7. The van der Waals surface area contributed by atoms with Crippen molar-refractivity contribution in [2.75, 3.05) is 33.2 Å². The van der Waals surface area contributed by atoms with Crippen LogP contribution >= 0.6 is 0 Å². The first-order valence-electron chi connectivity index (χ1n) is 10.7. The molecule has 160 valence electrons. The van der Waals surface area contributed by atoms with Crippen LogP contribution in [-0.4, -0.2) is 71.4 Å². The molecule has 4 heterocycles. The number of nitrogens with one attached hydrogen (secondary N) is 1. The normalized spacial score (nSPS) is 21.8. The van der Waals surface area contributed by atoms with Gasteiger partial charge in [0, 0.05) is 49.6 Å². The van der Waals surface area contributed by atoms with Crippen LogP contribution in [-0.2, 0) is 6.54 Å². The largest absolute Gasteiger partial charge is 0.369 e. The van der Waals surface area contributed by atoms with Crippen molar-refractivity contribution >= 4 is 23.6 Å². The highest BCUT2D eigenvalue weighted by atomic mass is 15.5. The number of nitrogens with zero attached hydrogens (tertiary/aromatic N) is 6. The maximum Gasteiger partial charge on any atom is 0.203 e. The minimum absolute atomic E-state index is 0.189. The predicted molar refractivity (Wildman–Crippen MR) is 124 cm³/mol. The number of aromatic nitrogens is 1. The Labute approximate surface area is 182 Å². The summed E-state index contributed by atoms with van der Waals surface area (Å²) in [4.78, 5) is 16.3. The van der Waals surface area contributed by atoms with Crippen molar-refractivity contribution < 1.29 is 0 Å². The second kappa shape index (κ2) is 8.13. The van der Waals surface area contributed by atoms with Gasteiger partial charge in [-0.3, -0.25) is 20.2 Å². The van der Waals surface area contributed by atoms with Gasteiger partial charge in [0.05, 0.1) is 11.4 Å². The average Bonchev–Trinajstić information content (AvgIpc) is 3.26. The monoisotopic (exact) mass is 416 g/mol. The van der Waals surface area contributed by atoms with Crippen LogP contribution in [0.2, 0.25) is 0 Å². The molecule has 5 rings (SSSR count). The molecule has 2 aromatic rings. The number of aliphatic imine (C=N–C) groups is 1. The Hall–Kier alpha value is -3.23. The lowest BCUT2D eigenvalue weighted by Gasteiger charge is -2.33. The molecular formula is C23H28N8. The molecule has 3 aliphatic rings. The molecule has 0 saturated carbocycles. The fourth-order valence-electron chi connectivity index (χ4n) is 4.37. The molecule has 1 saturated heterocycles. The van der Waals surface area contributed by atoms with Crippen LogP contribution in [0.4, 0.5) is 0 Å². The number of aryl methyl sites for hydroxylation is 1. The molecule has 1 fully saturated rings. The van der Waals surface area contributed by atoms with Gasteiger partial charge in [-0.15, -0.1) is 0 Å². The lowest BCUT2D eigenvalue weighted by molar-refractivity contribution is 0.147. The van der Waals surface area contributed by atoms with Crippen molar-refractivity contribution in [2.45, 2.75) is 19.6 Å². The molecule has 8 nitrogen and oxygen atoms in total. The van der Waals surface area contributed by atoms with Gasteiger partial charge in [-0.25, -0.2) is 4.99 Å². The maximum atomic E-state index is 6.27. The van der Waals surface area contributed by atoms with Crippen molar-refractivity contribution in [1.29, 1.82) is 0 Å². The summed E-state index contributed by atoms with van der Waals surface area (Å²) in [5.74, 6) is 0.435. The molecule has 3 aliphatic heterocycles. The van der Waals surface area contributed by atoms with Crippen LogP contribution in [0, 0.1) is 6.92 Å². The molecule has 8 heteroatoms. The highest BCUT2D eigenvalue weighted by Gasteiger charge is 2.34. The number of nitrogens with two attached hydrogens (primary N) is 1. The van der Waals surface area contributed by atoms with E-state index in [1.54, 1.807) is 6.34 Å². The second-order valence-corrected chi connectivity index (χ2v) is 8.35. The Kier molecular flexibility index (Phi) is 5.17. The molecule has 0 amide bonds. The Morgan fingerprint density at radius 1 is 1.06 bits per heavy atom. The highest BCUT2D eigenvalue weighted by molar-refractivity contribution is 6.05. The minimum Gasteiger partial charge on any atom is -0.369 e. The Bertz CT molecular complexity index is 1050. The summed E-state index contributed by atoms with van der Waals surface area (Å²) in [6.45, 7) is 7.21. The average molecular weight is 417 g/mol. The summed E-state index contributed by atoms with van der Waals surface area (Å²) in [5.41, 5.74) is 15.6. The summed E-state index contributed by atoms with van der Waals surface area (Å²) in [5, 5.41) is 4.26. The van der Waals surface area contributed by atoms with Crippen LogP contribution in [0.25, 0.3) is 11.3 Å². The highest BCUT2D eigenvalue weighted by Crippen LogP contribution is 2.35. The van der Waals surface area contributed by atoms with Crippen molar-refractivity contribution in [3.8, 4) is 0 Å². The molecule has 3 N–H and O–H groups in total. The Morgan fingerprint density at radius 3 is 2.61 bits per heavy atom. The van der Waals surface area contributed by atoms with Crippen molar-refractivity contribution in [3.63, 3.8) is 0 Å². The van der Waals surface area contributed by atoms with Crippen molar-refractivity contribution in [3.05, 3.63) is 65.0 Å². The number of hydrazone groups is 1. The van der Waals surface area contributed by atoms with Crippen LogP contribution in [0.1, 0.15) is 22.5 Å². The van der Waals surface area contributed by atoms with Gasteiger partial charge in [0.15, 0.2) is 6.17 Å². The van der Waals surface area contributed by atoms with E-state index in [2.05, 4.69) is 58.6 Å². The summed E-state index contributed by atoms with van der Waals surface area (Å²) >= 11 is 0. The van der Waals surface area contributed by atoms with Gasteiger partial charge in [0.2, 0.25) is 5.96 Å². The summed E-state index contributed by atoms with van der Waals surface area (Å²) in [7, 11) is 2.18. The molecular weight excluding hydrogens is 388 g/mol. The number of benzene rings is 1. The molecule has 1 aromatic heterocycles. The number of hydrogen-bond donors (Lipinski definition) is 2. The Morgan fingerprint density at radius 2 is 1.84 bits per heavy atom. The fraction of sp³-hybridized carbons (Fsp3) is 0.348. The van der Waals surface area contributed by atoms with E-state index in [0.29, 0.717) is 5.96 Å². The molecule has 0 bridgehead atoms. The van der Waals surface area contributed by atoms with E-state index in [1.807, 2.05) is 23.1 Å². The van der Waals surface area contributed by atoms with Gasteiger partial charge in [-0.1, -0.05) is 30.3 Å². The van der Waals surface area contributed by atoms with Crippen LogP contribution in [0.15, 0.2) is 52.6 Å². The molecule has 1 unspecified atom stereocenters. The number of pyridine rings is 1. The number of piperazine rings is 1. The maximum absolute atomic E-state index is 6.27. The third-order valence-electron chi connectivity index (χ3n) is 6.02. The zero-order valence-corrected chi connectivity index (χ0v) is 18.0. The van der Waals surface area contributed by atoms with E-state index in [9.17, 15) is 0 Å². The molecule has 0 aliphatic carbocycles. The van der Waals surface area contributed by atoms with Gasteiger partial charge in [-0.2, -0.15) is 5.10 Å². The minimum atomic E-state index is -0.189. The molecule has 0 spiro atoms. The zero-order valence-electron chi connectivity index (χ0n) is 18.0. The molecule has 0 radical (unpaired) electrons. The van der Waals surface area contributed by atoms with E-state index < -0.39 is 0 Å². The fourth-order valence-corrected chi connectivity index (χ4v) is 4.37. The van der Waals surface area contributed by atoms with E-state index in [-0.39, 0.29) is 6.17 Å². The smallest absolute Gasteiger partial charge is 0.203 e. The number of hydrogen-bond acceptors (Lipinski definition) is 8. The molecule has 1 aromatic carbocycles. The molecule has 31 heavy (non-hydrogen) atoms. The molecule has 1 atom stereocenters. The topological polar surface area (TPSA) is 85.4 Å². The third kappa shape index (κ3) is 3.92. The third-order valence-corrected chi connectivity index (χ3v) is 6.02. The van der Waals surface area contributed by atoms with Crippen molar-refractivity contribution in [1.82, 2.24) is 25.1 Å². The van der Waals surface area contributed by atoms with Crippen LogP contribution in [0.5, 0.6) is 0 Å². The first-order valence-corrected chi connectivity index (χ1v) is 10.7. The van der Waals surface area contributed by atoms with Gasteiger partial charge in [0.25, 0.3) is 0 Å². The predicted octanol–water partition coefficient (Wildman–Crippen LogP) is 1.51. The van der Waals surface area contributed by atoms with Crippen molar-refractivity contribution in [2.24, 2.45) is 15.8 Å². The van der Waals surface area contributed by atoms with E-state index >= 15 is 0 Å². The second-order valence-electron chi connectivity index (χ2n) is 8.35. The van der Waals surface area contributed by atoms with E-state index in [1.165, 1.54) is 0 Å². The van der Waals surface area contributed by atoms with Crippen LogP contribution < -0.4 is 11.2 Å². The lowest BCUT2D eigenvalue weighted by atomic mass is 9.95. The van der Waals surface area contributed by atoms with Gasteiger partial charge < -0.3 is 10.6 Å². The van der Waals surface area contributed by atoms with E-state index in [4.69, 9.17) is 15.7 Å². The summed E-state index contributed by atoms with van der Waals surface area (Å²) < 4.78 is 0. The number of rotatable bonds is 4. The summed E-state index contributed by atoms with van der Waals surface area (Å²) in [6, 6.07) is 14.5. The number of fused-ring (bicyclic) bond motifs is 1. The van der Waals surface area contributed by atoms with Gasteiger partial charge >= 0.3 is 0 Å². The number of guanidine groups is 1. The quantitative estimate of drug-likeness (QED) is 0.786. The van der Waals surface area contributed by atoms with E-state index in [0.717, 1.165) is 66.5 Å². The Balaban J connectivity index is 1.56. The lowest BCUT2D eigenvalue weighted by Crippen LogP contribution is -2.48. The number of likely N-dealkylation sites (N-methyl/N-ethyl adjacent to an activating group) is 1. The summed E-state index contributed by atoms with van der Waals surface area (Å²) in [6.07, 6.45) is 1.51. The van der Waals surface area contributed by atoms with Gasteiger partial charge in [0.1, 0.15) is 6.34 Å². The first-order chi connectivity index (χ1) is 15.1. The van der Waals surface area contributed by atoms with Gasteiger partial charge in [-0.05, 0) is 31.7 Å².